The molecular weight excluding hydrogens is 182 g/mol. The number of nitrogens with zero attached hydrogens (tertiary/aromatic N) is 1. The summed E-state index contributed by atoms with van der Waals surface area (Å²) >= 11 is 0. The predicted molar refractivity (Wildman–Crippen MR) is 57.7 cm³/mol. The highest BCUT2D eigenvalue weighted by Crippen LogP contribution is 2.08. The van der Waals surface area contributed by atoms with Crippen molar-refractivity contribution in [1.82, 2.24) is 4.90 Å². The molecule has 0 aromatic carbocycles. The van der Waals surface area contributed by atoms with Crippen LogP contribution in [-0.2, 0) is 8.85 Å². The number of hydrogen-bond donors (Lipinski definition) is 0. The van der Waals surface area contributed by atoms with E-state index in [0.29, 0.717) is 13.2 Å². The van der Waals surface area contributed by atoms with Crippen LogP contribution in [-0.4, -0.2) is 40.8 Å². The maximum atomic E-state index is 5.62. The molecule has 0 radical (unpaired) electrons. The van der Waals surface area contributed by atoms with Crippen LogP contribution in [0.1, 0.15) is 13.8 Å². The smallest absolute Gasteiger partial charge is 0.363 e. The summed E-state index contributed by atoms with van der Waals surface area (Å²) in [6.45, 7) is 7.46. The minimum atomic E-state index is -2.03. The van der Waals surface area contributed by atoms with Gasteiger partial charge in [-0.2, -0.15) is 0 Å². The van der Waals surface area contributed by atoms with Crippen molar-refractivity contribution in [2.24, 2.45) is 0 Å². The monoisotopic (exact) mass is 203 g/mol. The summed E-state index contributed by atoms with van der Waals surface area (Å²) in [5.41, 5.74) is 2.06. The Kier molecular flexibility index (Phi) is 6.03. The first-order valence-corrected chi connectivity index (χ1v) is 7.07. The van der Waals surface area contributed by atoms with E-state index in [2.05, 4.69) is 12.2 Å². The molecule has 0 aliphatic rings. The summed E-state index contributed by atoms with van der Waals surface area (Å²) in [4.78, 5) is 1.99. The molecule has 0 rings (SSSR count). The minimum absolute atomic E-state index is 0.709. The molecule has 4 heteroatoms. The van der Waals surface area contributed by atoms with Gasteiger partial charge >= 0.3 is 8.56 Å². The quantitative estimate of drug-likeness (QED) is 0.614. The van der Waals surface area contributed by atoms with Gasteiger partial charge in [0.1, 0.15) is 0 Å². The molecule has 0 atom stereocenters. The third-order valence-corrected chi connectivity index (χ3v) is 4.02. The molecule has 13 heavy (non-hydrogen) atoms. The number of rotatable bonds is 6. The van der Waals surface area contributed by atoms with E-state index in [-0.39, 0.29) is 0 Å². The third kappa shape index (κ3) is 5.85. The summed E-state index contributed by atoms with van der Waals surface area (Å²) in [6.07, 6.45) is 2.00. The summed E-state index contributed by atoms with van der Waals surface area (Å²) in [6, 6.07) is 0. The van der Waals surface area contributed by atoms with Gasteiger partial charge in [0.15, 0.2) is 0 Å². The fourth-order valence-corrected chi connectivity index (χ4v) is 2.99. The lowest BCUT2D eigenvalue weighted by Gasteiger charge is -2.22. The first kappa shape index (κ1) is 12.7. The molecule has 0 heterocycles. The van der Waals surface area contributed by atoms with Crippen molar-refractivity contribution in [3.8, 4) is 0 Å². The van der Waals surface area contributed by atoms with Crippen LogP contribution in [0.3, 0.4) is 0 Å². The molecule has 0 spiro atoms. The molecule has 0 aromatic heterocycles. The minimum Gasteiger partial charge on any atom is -0.392 e. The Morgan fingerprint density at radius 2 is 1.62 bits per heavy atom. The second kappa shape index (κ2) is 6.18. The van der Waals surface area contributed by atoms with Crippen molar-refractivity contribution in [2.75, 3.05) is 27.3 Å². The zero-order valence-electron chi connectivity index (χ0n) is 9.33. The first-order chi connectivity index (χ1) is 6.04. The van der Waals surface area contributed by atoms with Crippen LogP contribution in [0.2, 0.25) is 6.55 Å². The van der Waals surface area contributed by atoms with Crippen LogP contribution < -0.4 is 0 Å². The molecule has 0 aliphatic heterocycles. The lowest BCUT2D eigenvalue weighted by Crippen LogP contribution is -2.37. The molecule has 0 saturated heterocycles. The van der Waals surface area contributed by atoms with Crippen LogP contribution in [0, 0.1) is 0 Å². The Hall–Kier alpha value is -0.323. The van der Waals surface area contributed by atoms with Crippen LogP contribution >= 0.6 is 0 Å². The molecule has 0 saturated carbocycles. The van der Waals surface area contributed by atoms with Gasteiger partial charge in [0, 0.05) is 27.3 Å². The zero-order valence-corrected chi connectivity index (χ0v) is 10.3. The maximum Gasteiger partial charge on any atom is 0.363 e. The Bertz CT molecular complexity index is 154. The summed E-state index contributed by atoms with van der Waals surface area (Å²) in [5.74, 6) is 0. The Balaban J connectivity index is 4.21. The normalized spacial score (nSPS) is 12.4. The predicted octanol–water partition coefficient (Wildman–Crippen LogP) is 1.75. The second-order valence-corrected chi connectivity index (χ2v) is 6.10. The summed E-state index contributed by atoms with van der Waals surface area (Å²) in [5, 5.41) is 0. The van der Waals surface area contributed by atoms with E-state index < -0.39 is 8.56 Å². The highest BCUT2D eigenvalue weighted by Gasteiger charge is 2.26. The lowest BCUT2D eigenvalue weighted by molar-refractivity contribution is 0.200. The topological polar surface area (TPSA) is 21.7 Å². The van der Waals surface area contributed by atoms with Gasteiger partial charge in [0.2, 0.25) is 0 Å². The molecule has 0 aliphatic carbocycles. The van der Waals surface area contributed by atoms with Gasteiger partial charge in [-0.1, -0.05) is 0 Å². The molecule has 0 amide bonds. The second-order valence-electron chi connectivity index (χ2n) is 3.16. The van der Waals surface area contributed by atoms with E-state index in [1.165, 1.54) is 0 Å². The largest absolute Gasteiger partial charge is 0.392 e. The van der Waals surface area contributed by atoms with Crippen molar-refractivity contribution >= 4 is 8.56 Å². The Morgan fingerprint density at radius 3 is 1.92 bits per heavy atom. The van der Waals surface area contributed by atoms with E-state index >= 15 is 0 Å². The van der Waals surface area contributed by atoms with Gasteiger partial charge in [-0.3, -0.25) is 0 Å². The van der Waals surface area contributed by atoms with Gasteiger partial charge in [0.25, 0.3) is 0 Å². The molecule has 0 N–H and O–H groups in total. The van der Waals surface area contributed by atoms with Crippen LogP contribution in [0.5, 0.6) is 0 Å². The van der Waals surface area contributed by atoms with Crippen molar-refractivity contribution in [3.63, 3.8) is 0 Å². The highest BCUT2D eigenvalue weighted by atomic mass is 28.4. The Morgan fingerprint density at radius 1 is 1.15 bits per heavy atom. The zero-order chi connectivity index (χ0) is 10.3. The first-order valence-electron chi connectivity index (χ1n) is 4.67. The van der Waals surface area contributed by atoms with Gasteiger partial charge < -0.3 is 13.8 Å². The Labute approximate surface area is 82.6 Å². The van der Waals surface area contributed by atoms with Gasteiger partial charge in [-0.05, 0) is 32.3 Å². The lowest BCUT2D eigenvalue weighted by atomic mass is 10.9. The molecular formula is C9H21NO2Si. The van der Waals surface area contributed by atoms with Gasteiger partial charge in [-0.15, -0.1) is 0 Å². The van der Waals surface area contributed by atoms with Gasteiger partial charge in [-0.25, -0.2) is 0 Å². The number of hydrogen-bond acceptors (Lipinski definition) is 3. The van der Waals surface area contributed by atoms with Crippen LogP contribution in [0.4, 0.5) is 0 Å². The summed E-state index contributed by atoms with van der Waals surface area (Å²) < 4.78 is 11.2. The van der Waals surface area contributed by atoms with Crippen molar-refractivity contribution in [2.45, 2.75) is 20.4 Å². The van der Waals surface area contributed by atoms with Crippen molar-refractivity contribution in [3.05, 3.63) is 11.9 Å². The highest BCUT2D eigenvalue weighted by molar-refractivity contribution is 6.71. The molecule has 3 nitrogen and oxygen atoms in total. The standard InChI is InChI=1S/C9H21NO2Si/c1-6-11-13(5,12-7-2)9-8-10(3)4/h8-9H,6-7H2,1-5H3. The molecule has 0 fully saturated rings. The fraction of sp³-hybridized carbons (Fsp3) is 0.778. The van der Waals surface area contributed by atoms with E-state index in [1.807, 2.05) is 39.0 Å². The average Bonchev–Trinajstić information content (AvgIpc) is 2.02. The van der Waals surface area contributed by atoms with Crippen LogP contribution in [0.25, 0.3) is 0 Å². The fourth-order valence-electron chi connectivity index (χ4n) is 0.996. The molecule has 0 aromatic rings. The van der Waals surface area contributed by atoms with E-state index in [0.717, 1.165) is 0 Å². The third-order valence-electron chi connectivity index (χ3n) is 1.54. The maximum absolute atomic E-state index is 5.62. The molecule has 78 valence electrons. The molecule has 0 bridgehead atoms. The van der Waals surface area contributed by atoms with E-state index in [9.17, 15) is 0 Å². The SMILES string of the molecule is CCO[Si](C)(C=CN(C)C)OCC. The van der Waals surface area contributed by atoms with Gasteiger partial charge in [0.05, 0.1) is 0 Å². The summed E-state index contributed by atoms with van der Waals surface area (Å²) in [7, 11) is 1.94. The van der Waals surface area contributed by atoms with Crippen LogP contribution in [0.15, 0.2) is 11.9 Å². The molecule has 0 unspecified atom stereocenters. The van der Waals surface area contributed by atoms with E-state index in [4.69, 9.17) is 8.85 Å². The van der Waals surface area contributed by atoms with E-state index in [1.54, 1.807) is 0 Å². The van der Waals surface area contributed by atoms with Crippen molar-refractivity contribution in [1.29, 1.82) is 0 Å². The van der Waals surface area contributed by atoms with Crippen molar-refractivity contribution < 1.29 is 8.85 Å². The average molecular weight is 203 g/mol.